The van der Waals surface area contributed by atoms with Crippen LogP contribution in [0.4, 0.5) is 0 Å². The van der Waals surface area contributed by atoms with Gasteiger partial charge in [-0.1, -0.05) is 27.7 Å². The molecule has 19 heavy (non-hydrogen) atoms. The summed E-state index contributed by atoms with van der Waals surface area (Å²) in [5.41, 5.74) is 5.06. The normalized spacial score (nSPS) is 23.0. The van der Waals surface area contributed by atoms with E-state index in [1.165, 1.54) is 14.0 Å². The predicted octanol–water partition coefficient (Wildman–Crippen LogP) is 1.56. The summed E-state index contributed by atoms with van der Waals surface area (Å²) in [4.78, 5) is 20.8. The first-order chi connectivity index (χ1) is 8.93. The minimum atomic E-state index is -0.0683. The Morgan fingerprint density at radius 1 is 1.21 bits per heavy atom. The number of carbonyl (C=O) groups is 2. The second-order valence-corrected chi connectivity index (χ2v) is 4.43. The third kappa shape index (κ3) is 10.5. The standard InChI is InChI=1S/C8H14O2.C4H10N2O.C2H6/c1-5-6(2)7(5)4-8(9)10-3;1-4(7)6-3-2-5;1-2/h5-7H,4H2,1-3H3;2-3,5H2,1H3,(H,6,7);1-2H3. The van der Waals surface area contributed by atoms with E-state index in [1.807, 2.05) is 13.8 Å². The highest BCUT2D eigenvalue weighted by Gasteiger charge is 2.43. The largest absolute Gasteiger partial charge is 0.469 e. The first kappa shape index (κ1) is 20.2. The number of carbonyl (C=O) groups excluding carboxylic acids is 2. The monoisotopic (exact) mass is 274 g/mol. The average molecular weight is 274 g/mol. The van der Waals surface area contributed by atoms with Gasteiger partial charge < -0.3 is 15.8 Å². The fourth-order valence-corrected chi connectivity index (χ4v) is 1.66. The molecule has 1 amide bonds. The molecule has 0 aromatic heterocycles. The van der Waals surface area contributed by atoms with Gasteiger partial charge in [-0.05, 0) is 17.8 Å². The van der Waals surface area contributed by atoms with Crippen molar-refractivity contribution >= 4 is 11.9 Å². The highest BCUT2D eigenvalue weighted by atomic mass is 16.5. The lowest BCUT2D eigenvalue weighted by Crippen LogP contribution is -2.26. The van der Waals surface area contributed by atoms with Crippen LogP contribution in [-0.4, -0.2) is 32.1 Å². The van der Waals surface area contributed by atoms with Crippen LogP contribution in [0.3, 0.4) is 0 Å². The van der Waals surface area contributed by atoms with E-state index in [0.717, 1.165) is 11.8 Å². The molecule has 0 aromatic rings. The fourth-order valence-electron chi connectivity index (χ4n) is 1.66. The van der Waals surface area contributed by atoms with Crippen LogP contribution in [0.2, 0.25) is 0 Å². The molecule has 0 saturated heterocycles. The summed E-state index contributed by atoms with van der Waals surface area (Å²) < 4.78 is 4.56. The molecule has 1 saturated carbocycles. The van der Waals surface area contributed by atoms with Crippen molar-refractivity contribution in [2.75, 3.05) is 20.2 Å². The van der Waals surface area contributed by atoms with Crippen LogP contribution in [0.1, 0.15) is 41.0 Å². The molecule has 0 aliphatic heterocycles. The zero-order chi connectivity index (χ0) is 15.4. The first-order valence-electron chi connectivity index (χ1n) is 6.95. The van der Waals surface area contributed by atoms with E-state index in [-0.39, 0.29) is 11.9 Å². The number of nitrogens with one attached hydrogen (secondary N) is 1. The molecule has 2 unspecified atom stereocenters. The van der Waals surface area contributed by atoms with Gasteiger partial charge in [0.15, 0.2) is 0 Å². The number of rotatable bonds is 4. The molecule has 3 N–H and O–H groups in total. The average Bonchev–Trinajstić information content (AvgIpc) is 2.97. The van der Waals surface area contributed by atoms with Crippen molar-refractivity contribution in [3.63, 3.8) is 0 Å². The molecular formula is C14H30N2O3. The van der Waals surface area contributed by atoms with Gasteiger partial charge >= 0.3 is 5.97 Å². The summed E-state index contributed by atoms with van der Waals surface area (Å²) in [5.74, 6) is 1.94. The Balaban J connectivity index is 0. The molecule has 114 valence electrons. The van der Waals surface area contributed by atoms with E-state index in [1.54, 1.807) is 0 Å². The van der Waals surface area contributed by atoms with Crippen molar-refractivity contribution in [2.24, 2.45) is 23.5 Å². The SMILES string of the molecule is CC.CC(=O)NCCN.COC(=O)CC1C(C)C1C. The molecule has 1 aliphatic rings. The Kier molecular flexibility index (Phi) is 12.7. The van der Waals surface area contributed by atoms with E-state index >= 15 is 0 Å². The van der Waals surface area contributed by atoms with E-state index in [9.17, 15) is 9.59 Å². The Labute approximate surface area is 117 Å². The maximum absolute atomic E-state index is 10.7. The number of methoxy groups -OCH3 is 1. The van der Waals surface area contributed by atoms with Gasteiger partial charge in [0, 0.05) is 26.4 Å². The topological polar surface area (TPSA) is 81.4 Å². The molecule has 0 heterocycles. The third-order valence-corrected chi connectivity index (χ3v) is 3.19. The Bertz CT molecular complexity index is 249. The van der Waals surface area contributed by atoms with Crippen LogP contribution in [-0.2, 0) is 14.3 Å². The number of esters is 1. The summed E-state index contributed by atoms with van der Waals surface area (Å²) in [6.07, 6.45) is 0.610. The molecule has 0 bridgehead atoms. The van der Waals surface area contributed by atoms with E-state index in [2.05, 4.69) is 23.9 Å². The molecule has 2 atom stereocenters. The van der Waals surface area contributed by atoms with E-state index in [0.29, 0.717) is 25.4 Å². The summed E-state index contributed by atoms with van der Waals surface area (Å²) in [7, 11) is 1.44. The maximum atomic E-state index is 10.7. The van der Waals surface area contributed by atoms with Crippen molar-refractivity contribution in [2.45, 2.75) is 41.0 Å². The lowest BCUT2D eigenvalue weighted by molar-refractivity contribution is -0.141. The molecule has 5 nitrogen and oxygen atoms in total. The number of amides is 1. The van der Waals surface area contributed by atoms with Gasteiger partial charge in [-0.15, -0.1) is 0 Å². The van der Waals surface area contributed by atoms with Crippen molar-refractivity contribution in [1.82, 2.24) is 5.32 Å². The highest BCUT2D eigenvalue weighted by Crippen LogP contribution is 2.47. The van der Waals surface area contributed by atoms with Gasteiger partial charge in [0.1, 0.15) is 0 Å². The van der Waals surface area contributed by atoms with Crippen molar-refractivity contribution in [3.8, 4) is 0 Å². The third-order valence-electron chi connectivity index (χ3n) is 3.19. The van der Waals surface area contributed by atoms with Crippen molar-refractivity contribution in [1.29, 1.82) is 0 Å². The molecule has 1 aliphatic carbocycles. The Hall–Kier alpha value is -1.10. The summed E-state index contributed by atoms with van der Waals surface area (Å²) in [6, 6.07) is 0. The molecule has 5 heteroatoms. The predicted molar refractivity (Wildman–Crippen MR) is 77.5 cm³/mol. The number of nitrogens with two attached hydrogens (primary N) is 1. The zero-order valence-corrected chi connectivity index (χ0v) is 13.2. The molecule has 1 rings (SSSR count). The number of hydrogen-bond donors (Lipinski definition) is 2. The minimum absolute atomic E-state index is 0.0227. The summed E-state index contributed by atoms with van der Waals surface area (Å²) in [5, 5.41) is 2.53. The summed E-state index contributed by atoms with van der Waals surface area (Å²) >= 11 is 0. The fraction of sp³-hybridized carbons (Fsp3) is 0.857. The maximum Gasteiger partial charge on any atom is 0.305 e. The van der Waals surface area contributed by atoms with Crippen LogP contribution >= 0.6 is 0 Å². The van der Waals surface area contributed by atoms with Gasteiger partial charge in [-0.3, -0.25) is 9.59 Å². The minimum Gasteiger partial charge on any atom is -0.469 e. The molecular weight excluding hydrogens is 244 g/mol. The van der Waals surface area contributed by atoms with Crippen LogP contribution < -0.4 is 11.1 Å². The van der Waals surface area contributed by atoms with Crippen LogP contribution in [0.15, 0.2) is 0 Å². The van der Waals surface area contributed by atoms with Gasteiger partial charge in [-0.25, -0.2) is 0 Å². The Morgan fingerprint density at radius 2 is 1.68 bits per heavy atom. The number of ether oxygens (including phenoxy) is 1. The van der Waals surface area contributed by atoms with Crippen LogP contribution in [0.25, 0.3) is 0 Å². The molecule has 0 radical (unpaired) electrons. The number of hydrogen-bond acceptors (Lipinski definition) is 4. The second kappa shape index (κ2) is 12.0. The van der Waals surface area contributed by atoms with Crippen molar-refractivity contribution < 1.29 is 14.3 Å². The lowest BCUT2D eigenvalue weighted by Gasteiger charge is -1.94. The van der Waals surface area contributed by atoms with Crippen LogP contribution in [0.5, 0.6) is 0 Å². The lowest BCUT2D eigenvalue weighted by atomic mass is 10.2. The summed E-state index contributed by atoms with van der Waals surface area (Å²) in [6.45, 7) is 10.9. The van der Waals surface area contributed by atoms with Crippen LogP contribution in [0, 0.1) is 17.8 Å². The van der Waals surface area contributed by atoms with Gasteiger partial charge in [-0.2, -0.15) is 0 Å². The smallest absolute Gasteiger partial charge is 0.305 e. The quantitative estimate of drug-likeness (QED) is 0.762. The molecule has 0 spiro atoms. The van der Waals surface area contributed by atoms with E-state index < -0.39 is 0 Å². The Morgan fingerprint density at radius 3 is 1.89 bits per heavy atom. The molecule has 1 fully saturated rings. The molecule has 0 aromatic carbocycles. The van der Waals surface area contributed by atoms with Gasteiger partial charge in [0.25, 0.3) is 0 Å². The first-order valence-corrected chi connectivity index (χ1v) is 6.95. The zero-order valence-electron chi connectivity index (χ0n) is 13.2. The van der Waals surface area contributed by atoms with Gasteiger partial charge in [0.05, 0.1) is 7.11 Å². The van der Waals surface area contributed by atoms with Crippen molar-refractivity contribution in [3.05, 3.63) is 0 Å². The highest BCUT2D eigenvalue weighted by molar-refractivity contribution is 5.72. The van der Waals surface area contributed by atoms with E-state index in [4.69, 9.17) is 5.73 Å². The van der Waals surface area contributed by atoms with Gasteiger partial charge in [0.2, 0.25) is 5.91 Å². The second-order valence-electron chi connectivity index (χ2n) is 4.43.